The van der Waals surface area contributed by atoms with E-state index in [0.29, 0.717) is 0 Å². The van der Waals surface area contributed by atoms with Crippen molar-refractivity contribution in [1.82, 2.24) is 4.90 Å². The number of hydrogen-bond acceptors (Lipinski definition) is 3. The number of nitrogens with zero attached hydrogens (tertiary/aromatic N) is 2. The highest BCUT2D eigenvalue weighted by atomic mass is 16.5. The van der Waals surface area contributed by atoms with E-state index in [2.05, 4.69) is 31.8 Å². The summed E-state index contributed by atoms with van der Waals surface area (Å²) in [7, 11) is 3.71. The minimum atomic E-state index is 0.726. The summed E-state index contributed by atoms with van der Waals surface area (Å²) in [5.41, 5.74) is 0.865. The fraction of sp³-hybridized carbons (Fsp3) is 0.632. The molecule has 0 aromatic carbocycles. The van der Waals surface area contributed by atoms with Gasteiger partial charge in [0.05, 0.1) is 20.1 Å². The normalized spacial score (nSPS) is 20.2. The summed E-state index contributed by atoms with van der Waals surface area (Å²) < 4.78 is 11.4. The maximum absolute atomic E-state index is 5.88. The Balaban J connectivity index is 2.69. The van der Waals surface area contributed by atoms with Gasteiger partial charge in [-0.2, -0.15) is 0 Å². The zero-order valence-electron chi connectivity index (χ0n) is 15.3. The molecule has 0 saturated heterocycles. The van der Waals surface area contributed by atoms with Crippen molar-refractivity contribution in [3.8, 4) is 0 Å². The summed E-state index contributed by atoms with van der Waals surface area (Å²) in [6.07, 6.45) is 12.0. The molecule has 1 rings (SSSR count). The van der Waals surface area contributed by atoms with Gasteiger partial charge in [-0.1, -0.05) is 13.8 Å². The van der Waals surface area contributed by atoms with Crippen molar-refractivity contribution in [3.63, 3.8) is 0 Å². The first-order valence-electron chi connectivity index (χ1n) is 8.59. The molecule has 23 heavy (non-hydrogen) atoms. The van der Waals surface area contributed by atoms with Crippen LogP contribution in [-0.4, -0.2) is 38.5 Å². The minimum Gasteiger partial charge on any atom is -0.499 e. The molecule has 0 atom stereocenters. The molecule has 0 amide bonds. The molecule has 0 fully saturated rings. The number of methoxy groups -OCH3 is 1. The lowest BCUT2D eigenvalue weighted by Gasteiger charge is -2.14. The molecule has 0 aliphatic heterocycles. The van der Waals surface area contributed by atoms with Crippen LogP contribution in [0.5, 0.6) is 0 Å². The van der Waals surface area contributed by atoms with E-state index in [1.807, 2.05) is 30.4 Å². The Hall–Kier alpha value is -1.71. The SMILES string of the molecule is CCN(C)C=NC1=C(\OC)CCC=C(OCCCC(C)C)/C=C\1. The zero-order valence-corrected chi connectivity index (χ0v) is 15.3. The van der Waals surface area contributed by atoms with E-state index in [-0.39, 0.29) is 0 Å². The Morgan fingerprint density at radius 3 is 2.78 bits per heavy atom. The van der Waals surface area contributed by atoms with Crippen LogP contribution in [0.15, 0.2) is 40.4 Å². The molecule has 0 bridgehead atoms. The van der Waals surface area contributed by atoms with Crippen LogP contribution in [0.2, 0.25) is 0 Å². The molecular weight excluding hydrogens is 288 g/mol. The Morgan fingerprint density at radius 1 is 1.35 bits per heavy atom. The number of hydrogen-bond donors (Lipinski definition) is 0. The van der Waals surface area contributed by atoms with Gasteiger partial charge >= 0.3 is 0 Å². The molecule has 0 saturated carbocycles. The van der Waals surface area contributed by atoms with E-state index in [9.17, 15) is 0 Å². The van der Waals surface area contributed by atoms with Crippen LogP contribution in [0, 0.1) is 5.92 Å². The molecule has 0 aromatic rings. The first kappa shape index (κ1) is 19.3. The first-order valence-corrected chi connectivity index (χ1v) is 8.59. The van der Waals surface area contributed by atoms with Crippen LogP contribution >= 0.6 is 0 Å². The van der Waals surface area contributed by atoms with Crippen LogP contribution < -0.4 is 0 Å². The average molecular weight is 320 g/mol. The summed E-state index contributed by atoms with van der Waals surface area (Å²) in [6.45, 7) is 8.27. The monoisotopic (exact) mass is 320 g/mol. The third-order valence-corrected chi connectivity index (χ3v) is 3.74. The molecule has 4 heteroatoms. The Bertz CT molecular complexity index is 462. The van der Waals surface area contributed by atoms with Crippen molar-refractivity contribution in [2.24, 2.45) is 10.9 Å². The molecular formula is C19H32N2O2. The lowest BCUT2D eigenvalue weighted by molar-refractivity contribution is 0.211. The smallest absolute Gasteiger partial charge is 0.121 e. The van der Waals surface area contributed by atoms with Gasteiger partial charge in [-0.05, 0) is 50.3 Å². The van der Waals surface area contributed by atoms with Crippen molar-refractivity contribution in [3.05, 3.63) is 35.4 Å². The summed E-state index contributed by atoms with van der Waals surface area (Å²) in [4.78, 5) is 6.58. The van der Waals surface area contributed by atoms with Crippen molar-refractivity contribution in [2.45, 2.75) is 46.5 Å². The fourth-order valence-corrected chi connectivity index (χ4v) is 2.15. The molecule has 0 N–H and O–H groups in total. The van der Waals surface area contributed by atoms with Gasteiger partial charge in [0, 0.05) is 20.0 Å². The minimum absolute atomic E-state index is 0.726. The van der Waals surface area contributed by atoms with Gasteiger partial charge in [0.25, 0.3) is 0 Å². The van der Waals surface area contributed by atoms with E-state index in [1.165, 1.54) is 6.42 Å². The van der Waals surface area contributed by atoms with Gasteiger partial charge in [-0.3, -0.25) is 0 Å². The molecule has 1 aliphatic carbocycles. The highest BCUT2D eigenvalue weighted by Gasteiger charge is 2.07. The summed E-state index contributed by atoms with van der Waals surface area (Å²) in [5, 5.41) is 0. The maximum Gasteiger partial charge on any atom is 0.121 e. The second-order valence-electron chi connectivity index (χ2n) is 6.19. The van der Waals surface area contributed by atoms with Crippen LogP contribution in [-0.2, 0) is 9.47 Å². The van der Waals surface area contributed by atoms with Crippen molar-refractivity contribution in [1.29, 1.82) is 0 Å². The van der Waals surface area contributed by atoms with Gasteiger partial charge in [0.15, 0.2) is 0 Å². The van der Waals surface area contributed by atoms with Gasteiger partial charge < -0.3 is 14.4 Å². The molecule has 1 aliphatic rings. The predicted molar refractivity (Wildman–Crippen MR) is 97.3 cm³/mol. The van der Waals surface area contributed by atoms with Crippen molar-refractivity contribution < 1.29 is 9.47 Å². The number of aliphatic imine (C=N–C) groups is 1. The second kappa shape index (κ2) is 10.9. The summed E-state index contributed by atoms with van der Waals surface area (Å²) in [5.74, 6) is 2.57. The van der Waals surface area contributed by atoms with E-state index >= 15 is 0 Å². The lowest BCUT2D eigenvalue weighted by Crippen LogP contribution is -2.14. The highest BCUT2D eigenvalue weighted by molar-refractivity contribution is 5.57. The molecule has 0 spiro atoms. The summed E-state index contributed by atoms with van der Waals surface area (Å²) in [6, 6.07) is 0. The molecule has 0 radical (unpaired) electrons. The molecule has 4 nitrogen and oxygen atoms in total. The molecule has 130 valence electrons. The van der Waals surface area contributed by atoms with E-state index < -0.39 is 0 Å². The predicted octanol–water partition coefficient (Wildman–Crippen LogP) is 4.51. The molecule has 0 heterocycles. The average Bonchev–Trinajstić information content (AvgIpc) is 2.52. The second-order valence-corrected chi connectivity index (χ2v) is 6.19. The fourth-order valence-electron chi connectivity index (χ4n) is 2.15. The number of allylic oxidation sites excluding steroid dienone is 4. The van der Waals surface area contributed by atoms with Crippen LogP contribution in [0.25, 0.3) is 0 Å². The third kappa shape index (κ3) is 7.91. The largest absolute Gasteiger partial charge is 0.499 e. The molecule has 0 aromatic heterocycles. The van der Waals surface area contributed by atoms with Gasteiger partial charge in [-0.15, -0.1) is 0 Å². The Kier molecular flexibility index (Phi) is 9.18. The zero-order chi connectivity index (χ0) is 17.1. The van der Waals surface area contributed by atoms with Crippen LogP contribution in [0.3, 0.4) is 0 Å². The standard InChI is InChI=1S/C19H32N2O2/c1-6-21(4)15-20-18-13-12-17(10-7-11-19(18)22-5)23-14-8-9-16(2)3/h10,12-13,15-16H,6-9,11,14H2,1-5H3/b13-12-,17-10?,19-18-,20-15?. The summed E-state index contributed by atoms with van der Waals surface area (Å²) >= 11 is 0. The number of ether oxygens (including phenoxy) is 2. The van der Waals surface area contributed by atoms with Gasteiger partial charge in [0.2, 0.25) is 0 Å². The Morgan fingerprint density at radius 2 is 2.13 bits per heavy atom. The number of rotatable bonds is 9. The molecule has 0 unspecified atom stereocenters. The van der Waals surface area contributed by atoms with Gasteiger partial charge in [-0.25, -0.2) is 4.99 Å². The quantitative estimate of drug-likeness (QED) is 0.356. The van der Waals surface area contributed by atoms with Gasteiger partial charge in [0.1, 0.15) is 17.2 Å². The lowest BCUT2D eigenvalue weighted by atomic mass is 10.1. The van der Waals surface area contributed by atoms with Crippen LogP contribution in [0.1, 0.15) is 46.5 Å². The Labute approximate surface area is 141 Å². The third-order valence-electron chi connectivity index (χ3n) is 3.74. The van der Waals surface area contributed by atoms with Crippen molar-refractivity contribution in [2.75, 3.05) is 27.3 Å². The van der Waals surface area contributed by atoms with E-state index in [1.54, 1.807) is 7.11 Å². The maximum atomic E-state index is 5.88. The first-order chi connectivity index (χ1) is 11.1. The van der Waals surface area contributed by atoms with Crippen LogP contribution in [0.4, 0.5) is 0 Å². The highest BCUT2D eigenvalue weighted by Crippen LogP contribution is 2.20. The van der Waals surface area contributed by atoms with E-state index in [4.69, 9.17) is 9.47 Å². The topological polar surface area (TPSA) is 34.1 Å². The van der Waals surface area contributed by atoms with Crippen molar-refractivity contribution >= 4 is 6.34 Å². The van der Waals surface area contributed by atoms with E-state index in [0.717, 1.165) is 55.5 Å².